The lowest BCUT2D eigenvalue weighted by Gasteiger charge is -2.19. The zero-order valence-corrected chi connectivity index (χ0v) is 12.1. The van der Waals surface area contributed by atoms with Gasteiger partial charge in [-0.15, -0.1) is 10.2 Å². The fourth-order valence-corrected chi connectivity index (χ4v) is 2.55. The molecule has 1 aliphatic heterocycles. The largest absolute Gasteiger partial charge is 0.437 e. The number of nitrogens with one attached hydrogen (secondary N) is 1. The number of aliphatic imine (C=N–C) groups is 1. The van der Waals surface area contributed by atoms with E-state index in [4.69, 9.17) is 4.74 Å². The highest BCUT2D eigenvalue weighted by Gasteiger charge is 2.21. The summed E-state index contributed by atoms with van der Waals surface area (Å²) in [7, 11) is 0. The SMILES string of the molecule is Cc1cccc2c3c(nnc12)C(Oc1ccccc1)=NCN3. The van der Waals surface area contributed by atoms with Gasteiger partial charge in [0.2, 0.25) is 5.90 Å². The van der Waals surface area contributed by atoms with E-state index in [1.165, 1.54) is 0 Å². The maximum Gasteiger partial charge on any atom is 0.246 e. The molecule has 0 radical (unpaired) electrons. The molecule has 1 aliphatic rings. The van der Waals surface area contributed by atoms with Crippen LogP contribution >= 0.6 is 0 Å². The van der Waals surface area contributed by atoms with Crippen LogP contribution in [0.1, 0.15) is 11.3 Å². The Bertz CT molecular complexity index is 874. The number of ether oxygens (including phenoxy) is 1. The van der Waals surface area contributed by atoms with Gasteiger partial charge in [0.05, 0.1) is 11.2 Å². The van der Waals surface area contributed by atoms with Crippen LogP contribution in [0.5, 0.6) is 5.75 Å². The van der Waals surface area contributed by atoms with Gasteiger partial charge in [-0.05, 0) is 24.6 Å². The predicted molar refractivity (Wildman–Crippen MR) is 86.4 cm³/mol. The fourth-order valence-electron chi connectivity index (χ4n) is 2.55. The molecular formula is C17H14N4O. The van der Waals surface area contributed by atoms with E-state index in [0.717, 1.165) is 27.9 Å². The smallest absolute Gasteiger partial charge is 0.246 e. The van der Waals surface area contributed by atoms with E-state index in [0.29, 0.717) is 18.3 Å². The van der Waals surface area contributed by atoms with Gasteiger partial charge in [-0.3, -0.25) is 0 Å². The number of benzene rings is 2. The van der Waals surface area contributed by atoms with E-state index in [-0.39, 0.29) is 0 Å². The molecule has 0 amide bonds. The lowest BCUT2D eigenvalue weighted by atomic mass is 10.1. The second kappa shape index (κ2) is 5.11. The second-order valence-corrected chi connectivity index (χ2v) is 5.11. The van der Waals surface area contributed by atoms with Crippen molar-refractivity contribution in [1.29, 1.82) is 0 Å². The summed E-state index contributed by atoms with van der Waals surface area (Å²) in [6, 6.07) is 15.7. The molecule has 108 valence electrons. The van der Waals surface area contributed by atoms with Crippen molar-refractivity contribution in [2.75, 3.05) is 12.0 Å². The molecular weight excluding hydrogens is 276 g/mol. The monoisotopic (exact) mass is 290 g/mol. The second-order valence-electron chi connectivity index (χ2n) is 5.11. The van der Waals surface area contributed by atoms with Crippen LogP contribution in [-0.2, 0) is 0 Å². The Morgan fingerprint density at radius 1 is 1.00 bits per heavy atom. The van der Waals surface area contributed by atoms with Gasteiger partial charge in [0.1, 0.15) is 12.4 Å². The highest BCUT2D eigenvalue weighted by molar-refractivity contribution is 6.07. The lowest BCUT2D eigenvalue weighted by molar-refractivity contribution is 0.544. The van der Waals surface area contributed by atoms with Gasteiger partial charge in [0.25, 0.3) is 0 Å². The normalized spacial score (nSPS) is 13.2. The van der Waals surface area contributed by atoms with Crippen molar-refractivity contribution in [3.63, 3.8) is 0 Å². The quantitative estimate of drug-likeness (QED) is 0.748. The first kappa shape index (κ1) is 12.8. The molecule has 0 spiro atoms. The van der Waals surface area contributed by atoms with Crippen LogP contribution in [0.15, 0.2) is 53.5 Å². The minimum absolute atomic E-state index is 0.462. The molecule has 0 unspecified atom stereocenters. The molecule has 1 aromatic heterocycles. The van der Waals surface area contributed by atoms with Crippen molar-refractivity contribution in [3.8, 4) is 5.75 Å². The fraction of sp³-hybridized carbons (Fsp3) is 0.118. The van der Waals surface area contributed by atoms with Crippen molar-refractivity contribution >= 4 is 22.5 Å². The number of hydrogen-bond acceptors (Lipinski definition) is 5. The van der Waals surface area contributed by atoms with Crippen LogP contribution in [0, 0.1) is 6.92 Å². The number of hydrogen-bond donors (Lipinski definition) is 1. The Morgan fingerprint density at radius 3 is 2.73 bits per heavy atom. The van der Waals surface area contributed by atoms with Crippen LogP contribution in [0.2, 0.25) is 0 Å². The molecule has 0 atom stereocenters. The zero-order valence-electron chi connectivity index (χ0n) is 12.1. The molecule has 5 heteroatoms. The average Bonchev–Trinajstić information content (AvgIpc) is 2.56. The summed E-state index contributed by atoms with van der Waals surface area (Å²) < 4.78 is 5.87. The molecule has 0 fully saturated rings. The van der Waals surface area contributed by atoms with Gasteiger partial charge in [0, 0.05) is 5.39 Å². The van der Waals surface area contributed by atoms with Crippen LogP contribution < -0.4 is 10.1 Å². The number of nitrogens with zero attached hydrogens (tertiary/aromatic N) is 3. The number of anilines is 1. The van der Waals surface area contributed by atoms with Crippen LogP contribution in [-0.4, -0.2) is 22.8 Å². The van der Waals surface area contributed by atoms with E-state index in [9.17, 15) is 0 Å². The van der Waals surface area contributed by atoms with Crippen molar-refractivity contribution in [3.05, 3.63) is 59.8 Å². The van der Waals surface area contributed by atoms with Gasteiger partial charge in [0.15, 0.2) is 5.69 Å². The van der Waals surface area contributed by atoms with Crippen LogP contribution in [0.4, 0.5) is 5.69 Å². The minimum atomic E-state index is 0.462. The number of para-hydroxylation sites is 1. The maximum absolute atomic E-state index is 5.87. The van der Waals surface area contributed by atoms with Gasteiger partial charge in [-0.2, -0.15) is 0 Å². The Kier molecular flexibility index (Phi) is 2.96. The van der Waals surface area contributed by atoms with E-state index in [1.54, 1.807) is 0 Å². The molecule has 0 aliphatic carbocycles. The molecule has 2 aromatic carbocycles. The Balaban J connectivity index is 1.82. The first-order chi connectivity index (χ1) is 10.8. The maximum atomic E-state index is 5.87. The van der Waals surface area contributed by atoms with E-state index in [2.05, 4.69) is 20.5 Å². The van der Waals surface area contributed by atoms with Gasteiger partial charge >= 0.3 is 0 Å². The molecule has 3 aromatic rings. The number of aromatic nitrogens is 2. The van der Waals surface area contributed by atoms with Gasteiger partial charge in [-0.25, -0.2) is 4.99 Å². The molecule has 22 heavy (non-hydrogen) atoms. The molecule has 5 nitrogen and oxygen atoms in total. The summed E-state index contributed by atoms with van der Waals surface area (Å²) in [4.78, 5) is 4.38. The van der Waals surface area contributed by atoms with Crippen molar-refractivity contribution in [1.82, 2.24) is 10.2 Å². The summed E-state index contributed by atoms with van der Waals surface area (Å²) in [6.07, 6.45) is 0. The van der Waals surface area contributed by atoms with Crippen molar-refractivity contribution < 1.29 is 4.74 Å². The van der Waals surface area contributed by atoms with E-state index < -0.39 is 0 Å². The van der Waals surface area contributed by atoms with E-state index >= 15 is 0 Å². The number of rotatable bonds is 1. The third-order valence-electron chi connectivity index (χ3n) is 3.63. The van der Waals surface area contributed by atoms with Crippen LogP contribution in [0.3, 0.4) is 0 Å². The van der Waals surface area contributed by atoms with Gasteiger partial charge in [-0.1, -0.05) is 36.4 Å². The standard InChI is InChI=1S/C17H14N4O/c1-11-6-5-9-13-14(11)20-21-16-15(13)18-10-19-17(16)22-12-7-3-2-4-8-12/h2-9,18H,10H2,1H3. The number of fused-ring (bicyclic) bond motifs is 3. The summed E-state index contributed by atoms with van der Waals surface area (Å²) in [5.41, 5.74) is 3.57. The van der Waals surface area contributed by atoms with Crippen molar-refractivity contribution in [2.45, 2.75) is 6.92 Å². The van der Waals surface area contributed by atoms with Crippen molar-refractivity contribution in [2.24, 2.45) is 4.99 Å². The summed E-state index contributed by atoms with van der Waals surface area (Å²) in [5, 5.41) is 13.0. The molecule has 2 heterocycles. The van der Waals surface area contributed by atoms with Crippen LogP contribution in [0.25, 0.3) is 10.9 Å². The first-order valence-electron chi connectivity index (χ1n) is 7.10. The molecule has 0 bridgehead atoms. The molecule has 4 rings (SSSR count). The lowest BCUT2D eigenvalue weighted by Crippen LogP contribution is -2.22. The third kappa shape index (κ3) is 2.07. The minimum Gasteiger partial charge on any atom is -0.437 e. The Hall–Kier alpha value is -2.95. The summed E-state index contributed by atoms with van der Waals surface area (Å²) in [6.45, 7) is 2.49. The molecule has 0 saturated heterocycles. The summed E-state index contributed by atoms with van der Waals surface area (Å²) >= 11 is 0. The molecule has 0 saturated carbocycles. The van der Waals surface area contributed by atoms with Gasteiger partial charge < -0.3 is 10.1 Å². The highest BCUT2D eigenvalue weighted by Crippen LogP contribution is 2.29. The van der Waals surface area contributed by atoms with E-state index in [1.807, 2.05) is 55.5 Å². The summed E-state index contributed by atoms with van der Waals surface area (Å²) in [5.74, 6) is 1.23. The molecule has 1 N–H and O–H groups in total. The first-order valence-corrected chi connectivity index (χ1v) is 7.10. The Morgan fingerprint density at radius 2 is 1.86 bits per heavy atom. The predicted octanol–water partition coefficient (Wildman–Crippen LogP) is 3.15. The highest BCUT2D eigenvalue weighted by atomic mass is 16.5. The number of aryl methyl sites for hydroxylation is 1. The Labute approximate surface area is 127 Å². The zero-order chi connectivity index (χ0) is 14.9. The average molecular weight is 290 g/mol. The topological polar surface area (TPSA) is 59.4 Å². The third-order valence-corrected chi connectivity index (χ3v) is 3.63.